The summed E-state index contributed by atoms with van der Waals surface area (Å²) in [5.41, 5.74) is -0.390. The van der Waals surface area contributed by atoms with Crippen molar-refractivity contribution in [3.63, 3.8) is 0 Å². The van der Waals surface area contributed by atoms with Crippen LogP contribution in [0.4, 0.5) is 0 Å². The van der Waals surface area contributed by atoms with Crippen molar-refractivity contribution in [1.29, 1.82) is 5.26 Å². The molecule has 0 N–H and O–H groups in total. The fourth-order valence-corrected chi connectivity index (χ4v) is 0.806. The number of hydrogen-bond donors (Lipinski definition) is 0. The van der Waals surface area contributed by atoms with Gasteiger partial charge in [0.1, 0.15) is 18.9 Å². The lowest BCUT2D eigenvalue weighted by atomic mass is 9.91. The topological polar surface area (TPSA) is 71.6 Å². The predicted molar refractivity (Wildman–Crippen MR) is 49.2 cm³/mol. The normalized spacial score (nSPS) is 11.0. The van der Waals surface area contributed by atoms with Crippen LogP contribution in [0.2, 0.25) is 0 Å². The maximum Gasteiger partial charge on any atom is 0.252 e. The van der Waals surface area contributed by atoms with Crippen molar-refractivity contribution in [1.82, 2.24) is 14.8 Å². The van der Waals surface area contributed by atoms with Crippen LogP contribution in [0, 0.1) is 16.7 Å². The first-order valence-corrected chi connectivity index (χ1v) is 4.26. The molecule has 0 radical (unpaired) electrons. The fraction of sp³-hybridized carbons (Fsp3) is 0.556. The molecule has 74 valence electrons. The summed E-state index contributed by atoms with van der Waals surface area (Å²) in [6.45, 7) is 5.70. The van der Waals surface area contributed by atoms with Crippen LogP contribution in [0.5, 0.6) is 0 Å². The van der Waals surface area contributed by atoms with Gasteiger partial charge < -0.3 is 0 Å². The number of hydrogen-bond acceptors (Lipinski definition) is 4. The lowest BCUT2D eigenvalue weighted by Gasteiger charge is -2.15. The van der Waals surface area contributed by atoms with E-state index in [0.717, 1.165) is 0 Å². The Morgan fingerprint density at radius 2 is 2.29 bits per heavy atom. The Bertz CT molecular complexity index is 380. The van der Waals surface area contributed by atoms with E-state index in [1.165, 1.54) is 11.0 Å². The van der Waals surface area contributed by atoms with E-state index in [4.69, 9.17) is 5.26 Å². The molecule has 1 heterocycles. The third-order valence-corrected chi connectivity index (χ3v) is 1.78. The standard InChI is InChI=1S/C9H12N4O/c1-9(2,3)7(14)5-13-6-11-8(4-10)12-13/h6H,5H2,1-3H3. The number of rotatable bonds is 2. The van der Waals surface area contributed by atoms with E-state index in [1.54, 1.807) is 6.07 Å². The first-order chi connectivity index (χ1) is 6.43. The van der Waals surface area contributed by atoms with Gasteiger partial charge in [0.25, 0.3) is 5.82 Å². The monoisotopic (exact) mass is 192 g/mol. The average Bonchev–Trinajstić information content (AvgIpc) is 2.50. The van der Waals surface area contributed by atoms with Gasteiger partial charge >= 0.3 is 0 Å². The molecule has 0 amide bonds. The first kappa shape index (κ1) is 10.4. The quantitative estimate of drug-likeness (QED) is 0.693. The number of carbonyl (C=O) groups excluding carboxylic acids is 1. The summed E-state index contributed by atoms with van der Waals surface area (Å²) in [5, 5.41) is 12.3. The molecular formula is C9H12N4O. The molecule has 14 heavy (non-hydrogen) atoms. The summed E-state index contributed by atoms with van der Waals surface area (Å²) in [4.78, 5) is 15.3. The second kappa shape index (κ2) is 3.58. The van der Waals surface area contributed by atoms with Crippen LogP contribution in [-0.2, 0) is 11.3 Å². The van der Waals surface area contributed by atoms with Crippen molar-refractivity contribution >= 4 is 5.78 Å². The van der Waals surface area contributed by atoms with Gasteiger partial charge in [-0.25, -0.2) is 9.67 Å². The molecular weight excluding hydrogens is 180 g/mol. The Balaban J connectivity index is 2.71. The van der Waals surface area contributed by atoms with Gasteiger partial charge in [0.05, 0.1) is 0 Å². The predicted octanol–water partition coefficient (Wildman–Crippen LogP) is 0.765. The highest BCUT2D eigenvalue weighted by molar-refractivity contribution is 5.83. The largest absolute Gasteiger partial charge is 0.297 e. The van der Waals surface area contributed by atoms with Crippen molar-refractivity contribution in [3.05, 3.63) is 12.2 Å². The minimum atomic E-state index is -0.390. The van der Waals surface area contributed by atoms with Gasteiger partial charge in [-0.15, -0.1) is 5.10 Å². The van der Waals surface area contributed by atoms with Crippen molar-refractivity contribution in [2.45, 2.75) is 27.3 Å². The molecule has 1 aromatic rings. The van der Waals surface area contributed by atoms with Gasteiger partial charge in [0.15, 0.2) is 5.78 Å². The van der Waals surface area contributed by atoms with Crippen LogP contribution in [-0.4, -0.2) is 20.5 Å². The molecule has 0 unspecified atom stereocenters. The maximum absolute atomic E-state index is 11.6. The lowest BCUT2D eigenvalue weighted by molar-refractivity contribution is -0.127. The third kappa shape index (κ3) is 2.39. The van der Waals surface area contributed by atoms with E-state index < -0.39 is 5.41 Å². The van der Waals surface area contributed by atoms with Gasteiger partial charge in [-0.3, -0.25) is 4.79 Å². The fourth-order valence-electron chi connectivity index (χ4n) is 0.806. The van der Waals surface area contributed by atoms with Crippen molar-refractivity contribution < 1.29 is 4.79 Å². The molecule has 0 saturated heterocycles. The Morgan fingerprint density at radius 1 is 1.64 bits per heavy atom. The molecule has 5 nitrogen and oxygen atoms in total. The molecule has 0 aliphatic rings. The molecule has 0 spiro atoms. The number of carbonyl (C=O) groups is 1. The van der Waals surface area contributed by atoms with Crippen LogP contribution in [0.1, 0.15) is 26.6 Å². The second-order valence-electron chi connectivity index (χ2n) is 4.05. The zero-order chi connectivity index (χ0) is 10.8. The zero-order valence-corrected chi connectivity index (χ0v) is 8.48. The summed E-state index contributed by atoms with van der Waals surface area (Å²) in [5.74, 6) is 0.151. The smallest absolute Gasteiger partial charge is 0.252 e. The molecule has 1 rings (SSSR count). The highest BCUT2D eigenvalue weighted by Crippen LogP contribution is 2.15. The molecule has 0 fully saturated rings. The third-order valence-electron chi connectivity index (χ3n) is 1.78. The highest BCUT2D eigenvalue weighted by Gasteiger charge is 2.21. The number of nitrogens with zero attached hydrogens (tertiary/aromatic N) is 4. The maximum atomic E-state index is 11.6. The zero-order valence-electron chi connectivity index (χ0n) is 8.48. The van der Waals surface area contributed by atoms with E-state index in [1.807, 2.05) is 20.8 Å². The van der Waals surface area contributed by atoms with Crippen LogP contribution >= 0.6 is 0 Å². The minimum Gasteiger partial charge on any atom is -0.297 e. The van der Waals surface area contributed by atoms with E-state index >= 15 is 0 Å². The van der Waals surface area contributed by atoms with E-state index in [9.17, 15) is 4.79 Å². The van der Waals surface area contributed by atoms with E-state index in [-0.39, 0.29) is 18.2 Å². The van der Waals surface area contributed by atoms with E-state index in [2.05, 4.69) is 10.1 Å². The van der Waals surface area contributed by atoms with Gasteiger partial charge in [0, 0.05) is 5.41 Å². The molecule has 0 aromatic carbocycles. The molecule has 1 aromatic heterocycles. The van der Waals surface area contributed by atoms with Crippen molar-refractivity contribution in [2.75, 3.05) is 0 Å². The number of aromatic nitrogens is 3. The van der Waals surface area contributed by atoms with Gasteiger partial charge in [0.2, 0.25) is 0 Å². The van der Waals surface area contributed by atoms with Crippen LogP contribution in [0.3, 0.4) is 0 Å². The molecule has 0 aliphatic carbocycles. The first-order valence-electron chi connectivity index (χ1n) is 4.26. The Labute approximate surface area is 82.4 Å². The number of Topliss-reactive ketones (excluding diaryl/α,β-unsaturated/α-hetero) is 1. The van der Waals surface area contributed by atoms with E-state index in [0.29, 0.717) is 0 Å². The summed E-state index contributed by atoms with van der Waals surface area (Å²) in [7, 11) is 0. The number of nitriles is 1. The van der Waals surface area contributed by atoms with Gasteiger partial charge in [-0.2, -0.15) is 5.26 Å². The molecule has 0 aliphatic heterocycles. The van der Waals surface area contributed by atoms with Crippen LogP contribution in [0.15, 0.2) is 6.33 Å². The highest BCUT2D eigenvalue weighted by atomic mass is 16.1. The summed E-state index contributed by atoms with van der Waals surface area (Å²) in [6, 6.07) is 1.80. The Hall–Kier alpha value is -1.70. The van der Waals surface area contributed by atoms with Gasteiger partial charge in [-0.05, 0) is 0 Å². The molecule has 0 atom stereocenters. The van der Waals surface area contributed by atoms with Crippen molar-refractivity contribution in [2.24, 2.45) is 5.41 Å². The lowest BCUT2D eigenvalue weighted by Crippen LogP contribution is -2.25. The van der Waals surface area contributed by atoms with Gasteiger partial charge in [-0.1, -0.05) is 20.8 Å². The molecule has 0 bridgehead atoms. The van der Waals surface area contributed by atoms with Crippen LogP contribution < -0.4 is 0 Å². The summed E-state index contributed by atoms with van der Waals surface area (Å²) < 4.78 is 1.38. The minimum absolute atomic E-state index is 0.0619. The Morgan fingerprint density at radius 3 is 2.71 bits per heavy atom. The average molecular weight is 192 g/mol. The summed E-state index contributed by atoms with van der Waals surface area (Å²) >= 11 is 0. The van der Waals surface area contributed by atoms with Crippen molar-refractivity contribution in [3.8, 4) is 6.07 Å². The summed E-state index contributed by atoms with van der Waals surface area (Å²) in [6.07, 6.45) is 1.39. The number of ketones is 1. The second-order valence-corrected chi connectivity index (χ2v) is 4.05. The molecule has 5 heteroatoms. The van der Waals surface area contributed by atoms with Crippen LogP contribution in [0.25, 0.3) is 0 Å². The molecule has 0 saturated carbocycles. The Kier molecular flexibility index (Phi) is 2.65. The SMILES string of the molecule is CC(C)(C)C(=O)Cn1cnc(C#N)n1.